The minimum atomic E-state index is -0.276. The molecule has 0 saturated heterocycles. The first-order valence-electron chi connectivity index (χ1n) is 12.7. The zero-order valence-corrected chi connectivity index (χ0v) is 20.4. The number of aryl methyl sites for hydroxylation is 3. The van der Waals surface area contributed by atoms with Crippen LogP contribution in [-0.2, 0) is 24.2 Å². The monoisotopic (exact) mass is 480 g/mol. The Morgan fingerprint density at radius 1 is 1.06 bits per heavy atom. The maximum Gasteiger partial charge on any atom is 0.220 e. The largest absolute Gasteiger partial charge is 0.488 e. The Kier molecular flexibility index (Phi) is 5.84. The summed E-state index contributed by atoms with van der Waals surface area (Å²) in [6, 6.07) is 23.7. The Morgan fingerprint density at radius 3 is 2.78 bits per heavy atom. The van der Waals surface area contributed by atoms with Gasteiger partial charge in [0.05, 0.1) is 17.4 Å². The van der Waals surface area contributed by atoms with E-state index in [1.54, 1.807) is 6.07 Å². The van der Waals surface area contributed by atoms with Crippen LogP contribution in [0.25, 0.3) is 16.9 Å². The maximum absolute atomic E-state index is 15.3. The number of rotatable bonds is 5. The molecule has 2 heterocycles. The molecule has 0 radical (unpaired) electrons. The molecular weight excluding hydrogens is 451 g/mol. The lowest BCUT2D eigenvalue weighted by molar-refractivity contribution is -0.121. The van der Waals surface area contributed by atoms with Crippen LogP contribution in [-0.4, -0.2) is 10.5 Å². The van der Waals surface area contributed by atoms with E-state index >= 15 is 4.39 Å². The van der Waals surface area contributed by atoms with Crippen LogP contribution in [0.1, 0.15) is 53.3 Å². The number of ether oxygens (including phenoxy) is 1. The molecule has 4 nitrogen and oxygen atoms in total. The van der Waals surface area contributed by atoms with Crippen molar-refractivity contribution in [1.82, 2.24) is 9.88 Å². The topological polar surface area (TPSA) is 43.3 Å². The standard InChI is InChI=1S/C31H29FN2O2/c1-20-13-15-28(26(32)17-20)34-23(18-22-19-36-29-12-5-4-10-25(29)31(22)34)14-16-30(35)33-27-11-6-8-21-7-2-3-9-24(21)27/h2-5,7,9-10,12-13,15,17-18,27H,6,8,11,14,16,19H2,1H3,(H,33,35). The number of halogens is 1. The highest BCUT2D eigenvalue weighted by Crippen LogP contribution is 2.41. The third-order valence-corrected chi connectivity index (χ3v) is 7.34. The minimum absolute atomic E-state index is 0.0171. The van der Waals surface area contributed by atoms with Crippen LogP contribution in [0, 0.1) is 12.7 Å². The molecule has 1 aliphatic carbocycles. The number of hydrogen-bond acceptors (Lipinski definition) is 2. The summed E-state index contributed by atoms with van der Waals surface area (Å²) in [7, 11) is 0. The van der Waals surface area contributed by atoms with Gasteiger partial charge < -0.3 is 14.6 Å². The number of carbonyl (C=O) groups is 1. The quantitative estimate of drug-likeness (QED) is 0.349. The molecule has 0 bridgehead atoms. The summed E-state index contributed by atoms with van der Waals surface area (Å²) in [6.45, 7) is 2.31. The fourth-order valence-corrected chi connectivity index (χ4v) is 5.63. The molecule has 182 valence electrons. The first-order chi connectivity index (χ1) is 17.6. The molecule has 36 heavy (non-hydrogen) atoms. The van der Waals surface area contributed by atoms with Crippen LogP contribution in [0.5, 0.6) is 5.75 Å². The number of hydrogen-bond donors (Lipinski definition) is 1. The summed E-state index contributed by atoms with van der Waals surface area (Å²) in [6.07, 6.45) is 3.92. The van der Waals surface area contributed by atoms with E-state index < -0.39 is 0 Å². The normalized spacial score (nSPS) is 15.9. The van der Waals surface area contributed by atoms with Crippen LogP contribution in [0.4, 0.5) is 4.39 Å². The third kappa shape index (κ3) is 4.09. The molecule has 5 heteroatoms. The molecule has 1 aliphatic heterocycles. The van der Waals surface area contributed by atoms with Gasteiger partial charge in [0.15, 0.2) is 0 Å². The fraction of sp³-hybridized carbons (Fsp3) is 0.258. The van der Waals surface area contributed by atoms with Crippen LogP contribution in [0.3, 0.4) is 0 Å². The van der Waals surface area contributed by atoms with E-state index in [0.29, 0.717) is 25.1 Å². The van der Waals surface area contributed by atoms with Gasteiger partial charge in [0, 0.05) is 23.2 Å². The van der Waals surface area contributed by atoms with Crippen molar-refractivity contribution >= 4 is 5.91 Å². The van der Waals surface area contributed by atoms with E-state index in [9.17, 15) is 4.79 Å². The summed E-state index contributed by atoms with van der Waals surface area (Å²) in [4.78, 5) is 13.1. The molecule has 1 atom stereocenters. The van der Waals surface area contributed by atoms with Gasteiger partial charge in [0.2, 0.25) is 5.91 Å². The summed E-state index contributed by atoms with van der Waals surface area (Å²) in [5.41, 5.74) is 7.71. The van der Waals surface area contributed by atoms with E-state index in [1.165, 1.54) is 11.1 Å². The first-order valence-corrected chi connectivity index (χ1v) is 12.7. The molecule has 1 aromatic heterocycles. The van der Waals surface area contributed by atoms with Crippen molar-refractivity contribution < 1.29 is 13.9 Å². The zero-order chi connectivity index (χ0) is 24.6. The van der Waals surface area contributed by atoms with Gasteiger partial charge in [-0.3, -0.25) is 4.79 Å². The third-order valence-electron chi connectivity index (χ3n) is 7.34. The van der Waals surface area contributed by atoms with Crippen molar-refractivity contribution in [1.29, 1.82) is 0 Å². The number of aromatic nitrogens is 1. The van der Waals surface area contributed by atoms with Crippen molar-refractivity contribution in [2.75, 3.05) is 0 Å². The van der Waals surface area contributed by atoms with Crippen molar-refractivity contribution in [2.45, 2.75) is 51.7 Å². The summed E-state index contributed by atoms with van der Waals surface area (Å²) in [5.74, 6) is 0.530. The molecule has 6 rings (SSSR count). The van der Waals surface area contributed by atoms with Crippen molar-refractivity contribution in [3.05, 3.63) is 107 Å². The van der Waals surface area contributed by atoms with Crippen LogP contribution >= 0.6 is 0 Å². The van der Waals surface area contributed by atoms with Crippen molar-refractivity contribution in [3.8, 4) is 22.7 Å². The second kappa shape index (κ2) is 9.30. The van der Waals surface area contributed by atoms with Crippen LogP contribution in [0.15, 0.2) is 72.8 Å². The number of carbonyl (C=O) groups excluding carboxylic acids is 1. The van der Waals surface area contributed by atoms with Crippen molar-refractivity contribution in [3.63, 3.8) is 0 Å². The summed E-state index contributed by atoms with van der Waals surface area (Å²) < 4.78 is 23.2. The molecule has 0 fully saturated rings. The molecular formula is C31H29FN2O2. The summed E-state index contributed by atoms with van der Waals surface area (Å²) in [5, 5.41) is 3.25. The van der Waals surface area contributed by atoms with Crippen molar-refractivity contribution in [2.24, 2.45) is 0 Å². The fourth-order valence-electron chi connectivity index (χ4n) is 5.63. The number of nitrogens with zero attached hydrogens (tertiary/aromatic N) is 1. The highest BCUT2D eigenvalue weighted by atomic mass is 19.1. The Bertz CT molecular complexity index is 1450. The van der Waals surface area contributed by atoms with E-state index in [-0.39, 0.29) is 17.8 Å². The lowest BCUT2D eigenvalue weighted by Crippen LogP contribution is -2.31. The van der Waals surface area contributed by atoms with Gasteiger partial charge in [0.1, 0.15) is 18.2 Å². The van der Waals surface area contributed by atoms with Gasteiger partial charge in [-0.1, -0.05) is 42.5 Å². The SMILES string of the molecule is Cc1ccc(-n2c(CCC(=O)NC3CCCc4ccccc43)cc3c2-c2ccccc2OC3)c(F)c1. The van der Waals surface area contributed by atoms with Crippen LogP contribution < -0.4 is 10.1 Å². The molecule has 3 aromatic carbocycles. The van der Waals surface area contributed by atoms with Gasteiger partial charge in [-0.15, -0.1) is 0 Å². The first kappa shape index (κ1) is 22.6. The lowest BCUT2D eigenvalue weighted by atomic mass is 9.87. The van der Waals surface area contributed by atoms with E-state index in [2.05, 4.69) is 29.6 Å². The number of amides is 1. The van der Waals surface area contributed by atoms with Gasteiger partial charge >= 0.3 is 0 Å². The van der Waals surface area contributed by atoms with Gasteiger partial charge in [-0.25, -0.2) is 4.39 Å². The van der Waals surface area contributed by atoms with Crippen LogP contribution in [0.2, 0.25) is 0 Å². The average Bonchev–Trinajstić information content (AvgIpc) is 3.26. The molecule has 1 N–H and O–H groups in total. The highest BCUT2D eigenvalue weighted by molar-refractivity contribution is 5.78. The van der Waals surface area contributed by atoms with E-state index in [0.717, 1.165) is 53.1 Å². The van der Waals surface area contributed by atoms with E-state index in [4.69, 9.17) is 4.74 Å². The summed E-state index contributed by atoms with van der Waals surface area (Å²) >= 11 is 0. The second-order valence-corrected chi connectivity index (χ2v) is 9.80. The highest BCUT2D eigenvalue weighted by Gasteiger charge is 2.27. The number of para-hydroxylation sites is 1. The van der Waals surface area contributed by atoms with E-state index in [1.807, 2.05) is 54.0 Å². The second-order valence-electron chi connectivity index (χ2n) is 9.80. The molecule has 0 saturated carbocycles. The Labute approximate surface area is 210 Å². The molecule has 0 spiro atoms. The predicted octanol–water partition coefficient (Wildman–Crippen LogP) is 6.61. The average molecular weight is 481 g/mol. The predicted molar refractivity (Wildman–Crippen MR) is 139 cm³/mol. The smallest absolute Gasteiger partial charge is 0.220 e. The number of nitrogens with one attached hydrogen (secondary N) is 1. The van der Waals surface area contributed by atoms with Gasteiger partial charge in [-0.05, 0) is 79.6 Å². The number of benzene rings is 3. The molecule has 1 amide bonds. The minimum Gasteiger partial charge on any atom is -0.488 e. The zero-order valence-electron chi connectivity index (χ0n) is 20.4. The number of fused-ring (bicyclic) bond motifs is 4. The molecule has 1 unspecified atom stereocenters. The molecule has 2 aliphatic rings. The Hall–Kier alpha value is -3.86. The van der Waals surface area contributed by atoms with Gasteiger partial charge in [0.25, 0.3) is 0 Å². The molecule has 4 aromatic rings. The van der Waals surface area contributed by atoms with Gasteiger partial charge in [-0.2, -0.15) is 0 Å². The Morgan fingerprint density at radius 2 is 1.89 bits per heavy atom. The lowest BCUT2D eigenvalue weighted by Gasteiger charge is -2.26. The maximum atomic E-state index is 15.3. The Balaban J connectivity index is 1.31.